The Hall–Kier alpha value is -2.10. The Kier molecular flexibility index (Phi) is 2.27. The van der Waals surface area contributed by atoms with Crippen LogP contribution in [0.4, 0.5) is 0 Å². The van der Waals surface area contributed by atoms with Gasteiger partial charge in [0.2, 0.25) is 0 Å². The minimum atomic E-state index is 0.516. The van der Waals surface area contributed by atoms with Crippen LogP contribution in [0.15, 0.2) is 36.9 Å². The standard InChI is InChI=1S/C10H7N3O/c14-5-8-3-1-2-4-9(8)10-12-6-11-7-13-10/h1-7H. The molecule has 1 aromatic heterocycles. The summed E-state index contributed by atoms with van der Waals surface area (Å²) in [4.78, 5) is 22.4. The molecule has 1 heterocycles. The second-order valence-corrected chi connectivity index (χ2v) is 2.67. The highest BCUT2D eigenvalue weighted by Crippen LogP contribution is 2.16. The predicted octanol–water partition coefficient (Wildman–Crippen LogP) is 1.35. The molecule has 4 nitrogen and oxygen atoms in total. The maximum Gasteiger partial charge on any atom is 0.163 e. The first kappa shape index (κ1) is 8.50. The van der Waals surface area contributed by atoms with Crippen molar-refractivity contribution in [2.45, 2.75) is 0 Å². The molecule has 0 saturated carbocycles. The van der Waals surface area contributed by atoms with E-state index >= 15 is 0 Å². The van der Waals surface area contributed by atoms with E-state index in [9.17, 15) is 4.79 Å². The van der Waals surface area contributed by atoms with E-state index in [0.29, 0.717) is 11.4 Å². The first-order valence-corrected chi connectivity index (χ1v) is 4.08. The molecule has 4 heteroatoms. The maximum absolute atomic E-state index is 10.7. The van der Waals surface area contributed by atoms with Crippen molar-refractivity contribution >= 4 is 6.29 Å². The Balaban J connectivity index is 2.57. The number of carbonyl (C=O) groups is 1. The molecule has 1 aromatic carbocycles. The average Bonchev–Trinajstić information content (AvgIpc) is 2.30. The fraction of sp³-hybridized carbons (Fsp3) is 0. The molecule has 0 fully saturated rings. The van der Waals surface area contributed by atoms with E-state index < -0.39 is 0 Å². The zero-order valence-electron chi connectivity index (χ0n) is 7.29. The fourth-order valence-electron chi connectivity index (χ4n) is 1.18. The van der Waals surface area contributed by atoms with E-state index in [2.05, 4.69) is 15.0 Å². The summed E-state index contributed by atoms with van der Waals surface area (Å²) < 4.78 is 0. The van der Waals surface area contributed by atoms with Gasteiger partial charge in [-0.1, -0.05) is 24.3 Å². The Labute approximate surface area is 80.7 Å². The topological polar surface area (TPSA) is 55.7 Å². The van der Waals surface area contributed by atoms with Gasteiger partial charge in [-0.05, 0) is 0 Å². The highest BCUT2D eigenvalue weighted by Gasteiger charge is 2.04. The molecule has 0 aliphatic rings. The summed E-state index contributed by atoms with van der Waals surface area (Å²) in [6, 6.07) is 7.17. The molecule has 0 bridgehead atoms. The third-order valence-corrected chi connectivity index (χ3v) is 1.82. The Morgan fingerprint density at radius 1 is 1.07 bits per heavy atom. The van der Waals surface area contributed by atoms with Gasteiger partial charge in [-0.3, -0.25) is 4.79 Å². The zero-order valence-corrected chi connectivity index (χ0v) is 7.29. The predicted molar refractivity (Wildman–Crippen MR) is 50.7 cm³/mol. The summed E-state index contributed by atoms with van der Waals surface area (Å²) in [5.74, 6) is 0.516. The third kappa shape index (κ3) is 1.50. The lowest BCUT2D eigenvalue weighted by molar-refractivity contribution is 0.112. The number of carbonyl (C=O) groups excluding carboxylic acids is 1. The lowest BCUT2D eigenvalue weighted by atomic mass is 10.1. The minimum Gasteiger partial charge on any atom is -0.298 e. The van der Waals surface area contributed by atoms with E-state index in [4.69, 9.17) is 0 Å². The normalized spacial score (nSPS) is 9.71. The molecule has 2 rings (SSSR count). The average molecular weight is 185 g/mol. The van der Waals surface area contributed by atoms with Crippen LogP contribution in [0.3, 0.4) is 0 Å². The smallest absolute Gasteiger partial charge is 0.163 e. The monoisotopic (exact) mass is 185 g/mol. The summed E-state index contributed by atoms with van der Waals surface area (Å²) in [7, 11) is 0. The van der Waals surface area contributed by atoms with Crippen LogP contribution in [0.5, 0.6) is 0 Å². The van der Waals surface area contributed by atoms with Crippen molar-refractivity contribution in [2.24, 2.45) is 0 Å². The van der Waals surface area contributed by atoms with Gasteiger partial charge >= 0.3 is 0 Å². The summed E-state index contributed by atoms with van der Waals surface area (Å²) in [5.41, 5.74) is 1.31. The first-order chi connectivity index (χ1) is 6.92. The second kappa shape index (κ2) is 3.74. The molecule has 0 spiro atoms. The van der Waals surface area contributed by atoms with Crippen molar-refractivity contribution in [3.05, 3.63) is 42.5 Å². The molecular formula is C10H7N3O. The largest absolute Gasteiger partial charge is 0.298 e. The number of benzene rings is 1. The first-order valence-electron chi connectivity index (χ1n) is 4.08. The van der Waals surface area contributed by atoms with Crippen LogP contribution in [0.25, 0.3) is 11.4 Å². The lowest BCUT2D eigenvalue weighted by Crippen LogP contribution is -1.93. The molecule has 0 saturated heterocycles. The summed E-state index contributed by atoms with van der Waals surface area (Å²) in [5, 5.41) is 0. The molecule has 0 aliphatic carbocycles. The maximum atomic E-state index is 10.7. The molecule has 0 radical (unpaired) electrons. The third-order valence-electron chi connectivity index (χ3n) is 1.82. The number of aldehydes is 1. The van der Waals surface area contributed by atoms with Crippen molar-refractivity contribution < 1.29 is 4.79 Å². The zero-order chi connectivity index (χ0) is 9.80. The van der Waals surface area contributed by atoms with E-state index in [1.165, 1.54) is 12.7 Å². The molecule has 0 N–H and O–H groups in total. The fourth-order valence-corrected chi connectivity index (χ4v) is 1.18. The van der Waals surface area contributed by atoms with E-state index in [1.807, 2.05) is 6.07 Å². The van der Waals surface area contributed by atoms with Crippen molar-refractivity contribution in [3.8, 4) is 11.4 Å². The van der Waals surface area contributed by atoms with Crippen molar-refractivity contribution in [2.75, 3.05) is 0 Å². The Morgan fingerprint density at radius 3 is 2.50 bits per heavy atom. The van der Waals surface area contributed by atoms with Crippen molar-refractivity contribution in [3.63, 3.8) is 0 Å². The second-order valence-electron chi connectivity index (χ2n) is 2.67. The summed E-state index contributed by atoms with van der Waals surface area (Å²) in [6.07, 6.45) is 3.60. The van der Waals surface area contributed by atoms with E-state index in [0.717, 1.165) is 11.8 Å². The SMILES string of the molecule is O=Cc1ccccc1-c1ncncn1. The molecule has 14 heavy (non-hydrogen) atoms. The van der Waals surface area contributed by atoms with Gasteiger partial charge in [0.1, 0.15) is 12.7 Å². The van der Waals surface area contributed by atoms with Crippen LogP contribution in [0, 0.1) is 0 Å². The molecule has 2 aromatic rings. The minimum absolute atomic E-state index is 0.516. The van der Waals surface area contributed by atoms with E-state index in [1.54, 1.807) is 18.2 Å². The van der Waals surface area contributed by atoms with Gasteiger partial charge in [-0.25, -0.2) is 15.0 Å². The lowest BCUT2D eigenvalue weighted by Gasteiger charge is -2.00. The number of nitrogens with zero attached hydrogens (tertiary/aromatic N) is 3. The number of rotatable bonds is 2. The van der Waals surface area contributed by atoms with Crippen LogP contribution >= 0.6 is 0 Å². The Morgan fingerprint density at radius 2 is 1.79 bits per heavy atom. The van der Waals surface area contributed by atoms with Crippen LogP contribution in [0.1, 0.15) is 10.4 Å². The van der Waals surface area contributed by atoms with Crippen LogP contribution in [0.2, 0.25) is 0 Å². The number of hydrogen-bond donors (Lipinski definition) is 0. The number of hydrogen-bond acceptors (Lipinski definition) is 4. The number of aromatic nitrogens is 3. The molecule has 0 atom stereocenters. The van der Waals surface area contributed by atoms with E-state index in [-0.39, 0.29) is 0 Å². The molecule has 0 amide bonds. The van der Waals surface area contributed by atoms with Crippen molar-refractivity contribution in [1.82, 2.24) is 15.0 Å². The van der Waals surface area contributed by atoms with Crippen molar-refractivity contribution in [1.29, 1.82) is 0 Å². The van der Waals surface area contributed by atoms with Gasteiger partial charge in [0.25, 0.3) is 0 Å². The highest BCUT2D eigenvalue weighted by molar-refractivity contribution is 5.85. The van der Waals surface area contributed by atoms with Gasteiger partial charge in [0.15, 0.2) is 12.1 Å². The van der Waals surface area contributed by atoms with Gasteiger partial charge in [0, 0.05) is 11.1 Å². The van der Waals surface area contributed by atoms with Gasteiger partial charge in [0.05, 0.1) is 0 Å². The van der Waals surface area contributed by atoms with Crippen LogP contribution < -0.4 is 0 Å². The molecule has 0 unspecified atom stereocenters. The summed E-state index contributed by atoms with van der Waals surface area (Å²) in [6.45, 7) is 0. The van der Waals surface area contributed by atoms with Gasteiger partial charge in [-0.15, -0.1) is 0 Å². The van der Waals surface area contributed by atoms with Gasteiger partial charge in [-0.2, -0.15) is 0 Å². The molecule has 0 aliphatic heterocycles. The van der Waals surface area contributed by atoms with Crippen LogP contribution in [-0.4, -0.2) is 21.2 Å². The van der Waals surface area contributed by atoms with Crippen LogP contribution in [-0.2, 0) is 0 Å². The molecular weight excluding hydrogens is 178 g/mol. The Bertz CT molecular complexity index is 442. The highest BCUT2D eigenvalue weighted by atomic mass is 16.1. The quantitative estimate of drug-likeness (QED) is 0.662. The molecule has 68 valence electrons. The van der Waals surface area contributed by atoms with Gasteiger partial charge < -0.3 is 0 Å². The summed E-state index contributed by atoms with van der Waals surface area (Å²) >= 11 is 0.